The molecule has 3 rings (SSSR count). The normalized spacial score (nSPS) is 10.5. The van der Waals surface area contributed by atoms with Gasteiger partial charge in [0.15, 0.2) is 0 Å². The summed E-state index contributed by atoms with van der Waals surface area (Å²) in [6.07, 6.45) is 0. The van der Waals surface area contributed by atoms with Crippen LogP contribution < -0.4 is 15.7 Å². The Morgan fingerprint density at radius 2 is 2.00 bits per heavy atom. The standard InChI is InChI=1S/C18H14N2O6/c1-11-8-17(21)26-16-9-12(6-7-13(11)16)25-18(22)10-19-14-4-2-3-5-15(14)20(23)24/h2-9,19H,10H2,1H3. The van der Waals surface area contributed by atoms with Gasteiger partial charge in [0.1, 0.15) is 23.6 Å². The Hall–Kier alpha value is -3.68. The zero-order chi connectivity index (χ0) is 18.7. The molecule has 26 heavy (non-hydrogen) atoms. The number of para-hydroxylation sites is 2. The number of nitrogens with zero attached hydrogens (tertiary/aromatic N) is 1. The number of aryl methyl sites for hydroxylation is 1. The fourth-order valence-corrected chi connectivity index (χ4v) is 2.49. The second kappa shape index (κ2) is 7.06. The summed E-state index contributed by atoms with van der Waals surface area (Å²) in [6, 6.07) is 12.1. The third-order valence-electron chi connectivity index (χ3n) is 3.68. The molecule has 0 spiro atoms. The smallest absolute Gasteiger partial charge is 0.336 e. The van der Waals surface area contributed by atoms with Crippen LogP contribution in [0, 0.1) is 17.0 Å². The first-order chi connectivity index (χ1) is 12.4. The lowest BCUT2D eigenvalue weighted by Gasteiger charge is -2.08. The Labute approximate surface area is 147 Å². The predicted molar refractivity (Wildman–Crippen MR) is 94.4 cm³/mol. The summed E-state index contributed by atoms with van der Waals surface area (Å²) >= 11 is 0. The largest absolute Gasteiger partial charge is 0.425 e. The Balaban J connectivity index is 1.72. The monoisotopic (exact) mass is 354 g/mol. The van der Waals surface area contributed by atoms with Crippen LogP contribution in [0.3, 0.4) is 0 Å². The van der Waals surface area contributed by atoms with E-state index >= 15 is 0 Å². The third kappa shape index (κ3) is 3.69. The first-order valence-electron chi connectivity index (χ1n) is 7.66. The first kappa shape index (κ1) is 17.2. The molecule has 0 bridgehead atoms. The number of carbonyl (C=O) groups excluding carboxylic acids is 1. The quantitative estimate of drug-likeness (QED) is 0.246. The molecule has 8 nitrogen and oxygen atoms in total. The van der Waals surface area contributed by atoms with E-state index in [2.05, 4.69) is 5.32 Å². The van der Waals surface area contributed by atoms with Crippen molar-refractivity contribution in [3.63, 3.8) is 0 Å². The summed E-state index contributed by atoms with van der Waals surface area (Å²) < 4.78 is 10.3. The van der Waals surface area contributed by atoms with Gasteiger partial charge in [-0.15, -0.1) is 0 Å². The summed E-state index contributed by atoms with van der Waals surface area (Å²) in [7, 11) is 0. The number of rotatable bonds is 5. The van der Waals surface area contributed by atoms with Gasteiger partial charge in [-0.05, 0) is 30.7 Å². The Bertz CT molecular complexity index is 1060. The molecule has 0 aliphatic heterocycles. The average molecular weight is 354 g/mol. The van der Waals surface area contributed by atoms with E-state index in [1.54, 1.807) is 25.1 Å². The van der Waals surface area contributed by atoms with Crippen LogP contribution in [0.5, 0.6) is 5.75 Å². The lowest BCUT2D eigenvalue weighted by molar-refractivity contribution is -0.383. The van der Waals surface area contributed by atoms with Crippen molar-refractivity contribution in [1.82, 2.24) is 0 Å². The molecular weight excluding hydrogens is 340 g/mol. The van der Waals surface area contributed by atoms with Crippen molar-refractivity contribution in [2.75, 3.05) is 11.9 Å². The van der Waals surface area contributed by atoms with Gasteiger partial charge < -0.3 is 14.5 Å². The molecule has 0 unspecified atom stereocenters. The van der Waals surface area contributed by atoms with Crippen LogP contribution in [0.4, 0.5) is 11.4 Å². The zero-order valence-corrected chi connectivity index (χ0v) is 13.7. The Morgan fingerprint density at radius 3 is 2.77 bits per heavy atom. The SMILES string of the molecule is Cc1cc(=O)oc2cc(OC(=O)CNc3ccccc3[N+](=O)[O-])ccc12. The predicted octanol–water partition coefficient (Wildman–Crippen LogP) is 3.03. The number of carbonyl (C=O) groups is 1. The Kier molecular flexibility index (Phi) is 4.66. The maximum Gasteiger partial charge on any atom is 0.336 e. The number of nitro groups is 1. The molecule has 1 aromatic heterocycles. The first-order valence-corrected chi connectivity index (χ1v) is 7.66. The van der Waals surface area contributed by atoms with Gasteiger partial charge in [-0.2, -0.15) is 0 Å². The second-order valence-corrected chi connectivity index (χ2v) is 5.51. The number of nitro benzene ring substituents is 1. The van der Waals surface area contributed by atoms with Crippen molar-refractivity contribution < 1.29 is 18.9 Å². The molecule has 1 N–H and O–H groups in total. The van der Waals surface area contributed by atoms with Crippen molar-refractivity contribution in [3.05, 3.63) is 74.6 Å². The van der Waals surface area contributed by atoms with Gasteiger partial charge in [0.25, 0.3) is 5.69 Å². The van der Waals surface area contributed by atoms with E-state index < -0.39 is 16.5 Å². The van der Waals surface area contributed by atoms with Crippen molar-refractivity contribution in [2.24, 2.45) is 0 Å². The van der Waals surface area contributed by atoms with Gasteiger partial charge in [-0.25, -0.2) is 9.59 Å². The lowest BCUT2D eigenvalue weighted by Crippen LogP contribution is -2.20. The van der Waals surface area contributed by atoms with Crippen molar-refractivity contribution >= 4 is 28.3 Å². The fraction of sp³-hybridized carbons (Fsp3) is 0.111. The molecule has 1 heterocycles. The number of esters is 1. The fourth-order valence-electron chi connectivity index (χ4n) is 2.49. The highest BCUT2D eigenvalue weighted by Crippen LogP contribution is 2.24. The van der Waals surface area contributed by atoms with Crippen molar-refractivity contribution in [1.29, 1.82) is 0 Å². The van der Waals surface area contributed by atoms with E-state index in [1.807, 2.05) is 0 Å². The van der Waals surface area contributed by atoms with Gasteiger partial charge in [-0.1, -0.05) is 12.1 Å². The third-order valence-corrected chi connectivity index (χ3v) is 3.68. The van der Waals surface area contributed by atoms with E-state index in [0.717, 1.165) is 10.9 Å². The minimum Gasteiger partial charge on any atom is -0.425 e. The molecule has 0 amide bonds. The summed E-state index contributed by atoms with van der Waals surface area (Å²) in [5.41, 5.74) is 0.661. The number of hydrogen-bond donors (Lipinski definition) is 1. The summed E-state index contributed by atoms with van der Waals surface area (Å²) in [4.78, 5) is 33.8. The summed E-state index contributed by atoms with van der Waals surface area (Å²) in [5, 5.41) is 14.4. The molecule has 0 atom stereocenters. The molecule has 0 saturated carbocycles. The topological polar surface area (TPSA) is 112 Å². The van der Waals surface area contributed by atoms with Crippen LogP contribution in [-0.4, -0.2) is 17.4 Å². The molecule has 0 aliphatic rings. The highest BCUT2D eigenvalue weighted by Gasteiger charge is 2.14. The van der Waals surface area contributed by atoms with E-state index in [4.69, 9.17) is 9.15 Å². The molecule has 0 radical (unpaired) electrons. The second-order valence-electron chi connectivity index (χ2n) is 5.51. The van der Waals surface area contributed by atoms with Gasteiger partial charge in [0.05, 0.1) is 4.92 Å². The van der Waals surface area contributed by atoms with Gasteiger partial charge in [-0.3, -0.25) is 10.1 Å². The van der Waals surface area contributed by atoms with E-state index in [9.17, 15) is 19.7 Å². The number of hydrogen-bond acceptors (Lipinski definition) is 7. The maximum absolute atomic E-state index is 12.0. The highest BCUT2D eigenvalue weighted by molar-refractivity contribution is 5.83. The van der Waals surface area contributed by atoms with Crippen LogP contribution in [0.25, 0.3) is 11.0 Å². The van der Waals surface area contributed by atoms with Crippen LogP contribution in [0.1, 0.15) is 5.56 Å². The van der Waals surface area contributed by atoms with E-state index in [-0.39, 0.29) is 23.7 Å². The molecular formula is C18H14N2O6. The summed E-state index contributed by atoms with van der Waals surface area (Å²) in [6.45, 7) is 1.52. The summed E-state index contributed by atoms with van der Waals surface area (Å²) in [5.74, 6) is -0.432. The number of fused-ring (bicyclic) bond motifs is 1. The van der Waals surface area contributed by atoms with Gasteiger partial charge in [0, 0.05) is 23.6 Å². The molecule has 0 fully saturated rings. The van der Waals surface area contributed by atoms with Gasteiger partial charge >= 0.3 is 11.6 Å². The zero-order valence-electron chi connectivity index (χ0n) is 13.7. The maximum atomic E-state index is 12.0. The van der Waals surface area contributed by atoms with Crippen LogP contribution >= 0.6 is 0 Å². The number of anilines is 1. The molecule has 8 heteroatoms. The van der Waals surface area contributed by atoms with Crippen LogP contribution in [0.15, 0.2) is 57.7 Å². The van der Waals surface area contributed by atoms with Crippen molar-refractivity contribution in [3.8, 4) is 5.75 Å². The van der Waals surface area contributed by atoms with Crippen LogP contribution in [-0.2, 0) is 4.79 Å². The van der Waals surface area contributed by atoms with E-state index in [0.29, 0.717) is 5.58 Å². The Morgan fingerprint density at radius 1 is 1.23 bits per heavy atom. The lowest BCUT2D eigenvalue weighted by atomic mass is 10.1. The minimum absolute atomic E-state index is 0.136. The number of ether oxygens (including phenoxy) is 1. The molecule has 0 saturated heterocycles. The van der Waals surface area contributed by atoms with E-state index in [1.165, 1.54) is 30.3 Å². The average Bonchev–Trinajstić information content (AvgIpc) is 2.59. The van der Waals surface area contributed by atoms with Gasteiger partial charge in [0.2, 0.25) is 0 Å². The van der Waals surface area contributed by atoms with Crippen LogP contribution in [0.2, 0.25) is 0 Å². The number of benzene rings is 2. The molecule has 3 aromatic rings. The molecule has 2 aromatic carbocycles. The minimum atomic E-state index is -0.641. The highest BCUT2D eigenvalue weighted by atomic mass is 16.6. The van der Waals surface area contributed by atoms with Crippen molar-refractivity contribution in [2.45, 2.75) is 6.92 Å². The molecule has 0 aliphatic carbocycles. The number of nitrogens with one attached hydrogen (secondary N) is 1. The molecule has 132 valence electrons.